The lowest BCUT2D eigenvalue weighted by molar-refractivity contribution is 0.276. The van der Waals surface area contributed by atoms with Gasteiger partial charge in [-0.15, -0.1) is 0 Å². The van der Waals surface area contributed by atoms with E-state index in [0.29, 0.717) is 81.7 Å². The quantitative estimate of drug-likeness (QED) is 0.0604. The number of nitrogens with zero attached hydrogens (tertiary/aromatic N) is 16. The number of fused-ring (bicyclic) bond motifs is 6. The van der Waals surface area contributed by atoms with Gasteiger partial charge in [0.25, 0.3) is 17.8 Å². The van der Waals surface area contributed by atoms with E-state index in [0.717, 1.165) is 109 Å². The second-order valence-electron chi connectivity index (χ2n) is 24.4. The van der Waals surface area contributed by atoms with Crippen molar-refractivity contribution in [2.45, 2.75) is 111 Å². The summed E-state index contributed by atoms with van der Waals surface area (Å²) in [5.74, 6) is 2.30. The van der Waals surface area contributed by atoms with E-state index in [-0.39, 0.29) is 22.7 Å². The summed E-state index contributed by atoms with van der Waals surface area (Å²) in [4.78, 5) is 37.0. The van der Waals surface area contributed by atoms with Crippen LogP contribution in [0.1, 0.15) is 64.6 Å². The van der Waals surface area contributed by atoms with Gasteiger partial charge in [-0.25, -0.2) is 31.6 Å². The summed E-state index contributed by atoms with van der Waals surface area (Å²) in [5.41, 5.74) is 8.33. The van der Waals surface area contributed by atoms with Gasteiger partial charge >= 0.3 is 0 Å². The number of piperazine rings is 3. The molecule has 6 aliphatic rings. The first-order valence-electron chi connectivity index (χ1n) is 30.2. The Hall–Kier alpha value is -8.62. The van der Waals surface area contributed by atoms with Crippen molar-refractivity contribution in [2.75, 3.05) is 79.1 Å². The molecule has 15 rings (SSSR count). The molecule has 0 unspecified atom stereocenters. The lowest BCUT2D eigenvalue weighted by atomic mass is 10.2. The molecule has 6 bridgehead atoms. The standard InChI is InChI=1S/C22H26FN7.C21H24FN7.C15H12ClF2N5.C6H12N2/c1-13-5-6-16(8-19(13)23)24-20-10-21(29-12-17-9-18(29)11-28(17)4)26-22(25-20)30-15(3)7-14(2)27-30;1-12-4-5-15(8-18(12)22)24-19-9-20(28-11-16-7-17(28)10-23-16)26-21(25-19)29-14(3)6-13(2)27-29;1-8-5-9(2)23(22-8)15-20-13(16)7-14(21-15)19-10-3-4-11(17)12(18)6-10;1-8-4-5-2-6(8)3-7-5/h5-8,10,17-18H,9,11-12H2,1-4H3,(H,24,25,26);4-6,8-9,16-17,23H,7,10-11H2,1-3H3,(H,24,25,26);3-7H,1-2H3,(H,19,20,21);5-7H,2-4H2,1H3/t17-,18-;16-,17-;;5-,6-/m11.1/s1. The molecule has 21 nitrogen and oxygen atoms in total. The summed E-state index contributed by atoms with van der Waals surface area (Å²) in [6.45, 7) is 21.5. The minimum atomic E-state index is -0.950. The molecular formula is C64H74ClF4N21. The highest BCUT2D eigenvalue weighted by molar-refractivity contribution is 6.29. The fourth-order valence-corrected chi connectivity index (χ4v) is 12.8. The SMILES string of the molecule is CN1C[C@H]2C[C@@H]1CN2.Cc1cc(C)n(-c2nc(Cl)cc(Nc3ccc(F)c(F)c3)n2)n1.Cc1cc(C)n(-c2nc(Nc3ccc(C)c(F)c3)cc(N3C[C@H]4C[C@@H]3CN4)n2)n1.Cc1cc(C)n(-c2nc(Nc3ccc(C)c(F)c3)cc(N3C[C@H]4C[C@@H]3CN4C)n2)n1. The van der Waals surface area contributed by atoms with Crippen LogP contribution in [0.3, 0.4) is 0 Å². The molecule has 12 heterocycles. The van der Waals surface area contributed by atoms with E-state index in [9.17, 15) is 17.6 Å². The minimum Gasteiger partial charge on any atom is -0.350 e. The molecule has 26 heteroatoms. The molecule has 90 heavy (non-hydrogen) atoms. The van der Waals surface area contributed by atoms with Crippen LogP contribution in [-0.4, -0.2) is 159 Å². The van der Waals surface area contributed by atoms with E-state index in [2.05, 4.69) is 90.5 Å². The molecule has 9 aromatic rings. The predicted molar refractivity (Wildman–Crippen MR) is 342 cm³/mol. The average Bonchev–Trinajstić information content (AvgIpc) is 1.69. The third kappa shape index (κ3) is 13.7. The van der Waals surface area contributed by atoms with Crippen molar-refractivity contribution in [3.05, 3.63) is 165 Å². The Labute approximate surface area is 525 Å². The van der Waals surface area contributed by atoms with Crippen molar-refractivity contribution in [3.8, 4) is 17.8 Å². The normalized spacial score (nSPS) is 20.4. The van der Waals surface area contributed by atoms with Crippen LogP contribution in [0.4, 0.5) is 63.7 Å². The number of hydrogen-bond donors (Lipinski definition) is 5. The third-order valence-corrected chi connectivity index (χ3v) is 17.4. The first kappa shape index (κ1) is 61.6. The summed E-state index contributed by atoms with van der Waals surface area (Å²) < 4.78 is 59.4. The number of hydrogen-bond acceptors (Lipinski definition) is 18. The van der Waals surface area contributed by atoms with E-state index in [1.807, 2.05) is 84.0 Å². The van der Waals surface area contributed by atoms with Crippen LogP contribution in [0.25, 0.3) is 17.8 Å². The molecule has 0 spiro atoms. The summed E-state index contributed by atoms with van der Waals surface area (Å²) in [5, 5.41) is 29.9. The molecule has 6 aliphatic heterocycles. The maximum atomic E-state index is 14.0. The second-order valence-corrected chi connectivity index (χ2v) is 24.8. The first-order valence-corrected chi connectivity index (χ1v) is 30.6. The van der Waals surface area contributed by atoms with Crippen molar-refractivity contribution in [1.82, 2.24) is 79.7 Å². The highest BCUT2D eigenvalue weighted by Crippen LogP contribution is 2.35. The largest absolute Gasteiger partial charge is 0.350 e. The smallest absolute Gasteiger partial charge is 0.254 e. The topological polar surface area (TPSA) is 204 Å². The van der Waals surface area contributed by atoms with Crippen LogP contribution in [0, 0.1) is 78.7 Å². The molecule has 0 radical (unpaired) electrons. The van der Waals surface area contributed by atoms with Gasteiger partial charge in [0.15, 0.2) is 11.6 Å². The molecule has 0 saturated carbocycles. The summed E-state index contributed by atoms with van der Waals surface area (Å²) in [6.07, 6.45) is 3.67. The number of anilines is 8. The molecule has 3 aromatic carbocycles. The van der Waals surface area contributed by atoms with Crippen LogP contribution in [-0.2, 0) is 0 Å². The van der Waals surface area contributed by atoms with Crippen molar-refractivity contribution in [1.29, 1.82) is 0 Å². The van der Waals surface area contributed by atoms with Crippen LogP contribution in [0.15, 0.2) is 91.0 Å². The van der Waals surface area contributed by atoms with Gasteiger partial charge in [0.1, 0.15) is 45.9 Å². The van der Waals surface area contributed by atoms with E-state index >= 15 is 0 Å². The molecule has 470 valence electrons. The molecule has 6 atom stereocenters. The Balaban J connectivity index is 0.000000124. The van der Waals surface area contributed by atoms with Gasteiger partial charge in [-0.2, -0.15) is 45.2 Å². The Kier molecular flexibility index (Phi) is 17.6. The lowest BCUT2D eigenvalue weighted by Crippen LogP contribution is -2.45. The van der Waals surface area contributed by atoms with Crippen molar-refractivity contribution < 1.29 is 17.6 Å². The highest BCUT2D eigenvalue weighted by atomic mass is 35.5. The van der Waals surface area contributed by atoms with E-state index in [1.54, 1.807) is 40.0 Å². The van der Waals surface area contributed by atoms with Gasteiger partial charge in [0.2, 0.25) is 0 Å². The Morgan fingerprint density at radius 2 is 0.856 bits per heavy atom. The molecule has 6 aromatic heterocycles. The number of likely N-dealkylation sites (tertiary alicyclic amines) is 2. The van der Waals surface area contributed by atoms with E-state index < -0.39 is 11.6 Å². The van der Waals surface area contributed by atoms with Crippen LogP contribution >= 0.6 is 11.6 Å². The monoisotopic (exact) mass is 1250 g/mol. The molecule has 6 saturated heterocycles. The fraction of sp³-hybridized carbons (Fsp3) is 0.391. The number of aromatic nitrogens is 12. The first-order chi connectivity index (χ1) is 43.1. The number of nitrogens with one attached hydrogen (secondary N) is 5. The van der Waals surface area contributed by atoms with Gasteiger partial charge in [-0.3, -0.25) is 4.90 Å². The Morgan fingerprint density at radius 1 is 0.422 bits per heavy atom. The van der Waals surface area contributed by atoms with Crippen LogP contribution in [0.5, 0.6) is 0 Å². The highest BCUT2D eigenvalue weighted by Gasteiger charge is 2.43. The maximum Gasteiger partial charge on any atom is 0.254 e. The molecule has 0 amide bonds. The Morgan fingerprint density at radius 3 is 1.22 bits per heavy atom. The number of rotatable bonds is 11. The third-order valence-electron chi connectivity index (χ3n) is 17.3. The molecular weight excluding hydrogens is 1170 g/mol. The van der Waals surface area contributed by atoms with E-state index in [4.69, 9.17) is 26.6 Å². The van der Waals surface area contributed by atoms with Gasteiger partial charge in [-0.1, -0.05) is 23.7 Å². The van der Waals surface area contributed by atoms with Crippen molar-refractivity contribution in [2.24, 2.45) is 0 Å². The summed E-state index contributed by atoms with van der Waals surface area (Å²) in [7, 11) is 4.40. The van der Waals surface area contributed by atoms with Gasteiger partial charge in [0, 0.05) is 134 Å². The Bertz CT molecular complexity index is 4090. The zero-order chi connectivity index (χ0) is 63.2. The summed E-state index contributed by atoms with van der Waals surface area (Å²) in [6, 6.07) is 28.6. The number of likely N-dealkylation sites (N-methyl/N-ethyl adjacent to an activating group) is 2. The number of halogens is 5. The van der Waals surface area contributed by atoms with E-state index in [1.165, 1.54) is 43.8 Å². The zero-order valence-electron chi connectivity index (χ0n) is 52.0. The van der Waals surface area contributed by atoms with Crippen molar-refractivity contribution in [3.63, 3.8) is 0 Å². The molecule has 6 fully saturated rings. The fourth-order valence-electron chi connectivity index (χ4n) is 12.6. The zero-order valence-corrected chi connectivity index (χ0v) is 52.8. The molecule has 0 aliphatic carbocycles. The predicted octanol–water partition coefficient (Wildman–Crippen LogP) is 10.0. The maximum absolute atomic E-state index is 14.0. The summed E-state index contributed by atoms with van der Waals surface area (Å²) >= 11 is 6.02. The van der Waals surface area contributed by atoms with Gasteiger partial charge in [-0.05, 0) is 154 Å². The number of benzene rings is 3. The van der Waals surface area contributed by atoms with Crippen molar-refractivity contribution >= 4 is 57.8 Å². The van der Waals surface area contributed by atoms with Crippen LogP contribution < -0.4 is 36.4 Å². The second kappa shape index (κ2) is 25.7. The average molecular weight is 1250 g/mol. The van der Waals surface area contributed by atoms with Crippen LogP contribution in [0.2, 0.25) is 5.15 Å². The van der Waals surface area contributed by atoms with Gasteiger partial charge in [0.05, 0.1) is 17.1 Å². The number of aryl methyl sites for hydroxylation is 8. The minimum absolute atomic E-state index is 0.202. The molecule has 5 N–H and O–H groups in total. The van der Waals surface area contributed by atoms with Gasteiger partial charge < -0.3 is 41.3 Å². The lowest BCUT2D eigenvalue weighted by Gasteiger charge is -2.33.